The molecule has 0 atom stereocenters. The number of hydrogen-bond acceptors (Lipinski definition) is 4. The van der Waals surface area contributed by atoms with E-state index in [4.69, 9.17) is 0 Å². The van der Waals surface area contributed by atoms with Crippen LogP contribution in [-0.2, 0) is 11.2 Å². The number of para-hydroxylation sites is 1. The van der Waals surface area contributed by atoms with E-state index in [1.165, 1.54) is 17.3 Å². The fraction of sp³-hybridized carbons (Fsp3) is 0.500. The molecule has 0 bridgehead atoms. The molecule has 2 rings (SSSR count). The highest BCUT2D eigenvalue weighted by atomic mass is 32.2. The highest BCUT2D eigenvalue weighted by Gasteiger charge is 2.15. The van der Waals surface area contributed by atoms with Crippen molar-refractivity contribution in [3.63, 3.8) is 0 Å². The van der Waals surface area contributed by atoms with Crippen LogP contribution in [0, 0.1) is 0 Å². The predicted octanol–water partition coefficient (Wildman–Crippen LogP) is 3.57. The molecule has 0 radical (unpaired) electrons. The zero-order valence-corrected chi connectivity index (χ0v) is 15.6. The normalized spacial score (nSPS) is 10.8. The summed E-state index contributed by atoms with van der Waals surface area (Å²) in [6, 6.07) is 8.22. The number of benzene rings is 1. The smallest absolute Gasteiger partial charge is 0.233 e. The Hall–Kier alpha value is -1.82. The van der Waals surface area contributed by atoms with Crippen molar-refractivity contribution in [2.24, 2.45) is 0 Å². The molecular formula is C18H26N4OS. The van der Waals surface area contributed by atoms with Crippen molar-refractivity contribution in [3.8, 4) is 5.69 Å². The van der Waals surface area contributed by atoms with Gasteiger partial charge in [0, 0.05) is 13.1 Å². The lowest BCUT2D eigenvalue weighted by atomic mass is 10.1. The van der Waals surface area contributed by atoms with Crippen molar-refractivity contribution in [1.82, 2.24) is 19.7 Å². The van der Waals surface area contributed by atoms with Crippen molar-refractivity contribution < 1.29 is 4.79 Å². The van der Waals surface area contributed by atoms with Crippen LogP contribution in [0.2, 0.25) is 0 Å². The van der Waals surface area contributed by atoms with Gasteiger partial charge >= 0.3 is 0 Å². The van der Waals surface area contributed by atoms with Crippen molar-refractivity contribution in [3.05, 3.63) is 36.2 Å². The average Bonchev–Trinajstić information content (AvgIpc) is 3.07. The third kappa shape index (κ3) is 4.60. The summed E-state index contributed by atoms with van der Waals surface area (Å²) in [4.78, 5) is 14.4. The molecule has 2 aromatic rings. The Morgan fingerprint density at radius 2 is 1.88 bits per heavy atom. The number of carbonyl (C=O) groups is 1. The van der Waals surface area contributed by atoms with Gasteiger partial charge in [0.05, 0.1) is 11.4 Å². The zero-order valence-electron chi connectivity index (χ0n) is 14.7. The van der Waals surface area contributed by atoms with Gasteiger partial charge in [-0.3, -0.25) is 9.36 Å². The summed E-state index contributed by atoms with van der Waals surface area (Å²) in [6.07, 6.45) is 4.63. The molecule has 130 valence electrons. The third-order valence-corrected chi connectivity index (χ3v) is 4.74. The number of hydrogen-bond donors (Lipinski definition) is 0. The van der Waals surface area contributed by atoms with Crippen molar-refractivity contribution in [2.45, 2.75) is 45.2 Å². The van der Waals surface area contributed by atoms with Gasteiger partial charge in [0.2, 0.25) is 5.91 Å². The molecule has 0 unspecified atom stereocenters. The summed E-state index contributed by atoms with van der Waals surface area (Å²) in [5, 5.41) is 8.99. The van der Waals surface area contributed by atoms with E-state index >= 15 is 0 Å². The minimum absolute atomic E-state index is 0.169. The number of thioether (sulfide) groups is 1. The fourth-order valence-corrected chi connectivity index (χ4v) is 3.48. The van der Waals surface area contributed by atoms with Crippen molar-refractivity contribution in [1.29, 1.82) is 0 Å². The summed E-state index contributed by atoms with van der Waals surface area (Å²) in [6.45, 7) is 7.97. The first-order valence-electron chi connectivity index (χ1n) is 8.60. The van der Waals surface area contributed by atoms with Gasteiger partial charge in [0.1, 0.15) is 6.33 Å². The quantitative estimate of drug-likeness (QED) is 0.651. The molecule has 0 aliphatic rings. The molecule has 5 nitrogen and oxygen atoms in total. The second-order valence-electron chi connectivity index (χ2n) is 5.64. The molecule has 0 saturated heterocycles. The van der Waals surface area contributed by atoms with E-state index in [0.717, 1.165) is 43.2 Å². The number of nitrogens with zero attached hydrogens (tertiary/aromatic N) is 4. The SMILES string of the molecule is CCCN(CCC)C(=O)CSc1nncn1-c1ccccc1CC. The largest absolute Gasteiger partial charge is 0.342 e. The Labute approximate surface area is 148 Å². The van der Waals surface area contributed by atoms with Crippen LogP contribution < -0.4 is 0 Å². The van der Waals surface area contributed by atoms with Gasteiger partial charge in [0.25, 0.3) is 0 Å². The van der Waals surface area contributed by atoms with Crippen LogP contribution in [0.1, 0.15) is 39.2 Å². The molecule has 0 spiro atoms. The van der Waals surface area contributed by atoms with Gasteiger partial charge < -0.3 is 4.90 Å². The summed E-state index contributed by atoms with van der Waals surface area (Å²) < 4.78 is 1.97. The zero-order chi connectivity index (χ0) is 17.4. The molecule has 1 aromatic carbocycles. The van der Waals surface area contributed by atoms with Gasteiger partial charge in [-0.1, -0.05) is 50.7 Å². The second kappa shape index (κ2) is 9.47. The maximum atomic E-state index is 12.4. The molecular weight excluding hydrogens is 320 g/mol. The van der Waals surface area contributed by atoms with E-state index in [2.05, 4.69) is 43.1 Å². The lowest BCUT2D eigenvalue weighted by Gasteiger charge is -2.21. The van der Waals surface area contributed by atoms with E-state index < -0.39 is 0 Å². The first-order chi connectivity index (χ1) is 11.7. The minimum atomic E-state index is 0.169. The fourth-order valence-electron chi connectivity index (χ4n) is 2.65. The second-order valence-corrected chi connectivity index (χ2v) is 6.58. The maximum Gasteiger partial charge on any atom is 0.233 e. The Kier molecular flexibility index (Phi) is 7.31. The Bertz CT molecular complexity index is 650. The molecule has 0 aliphatic carbocycles. The van der Waals surface area contributed by atoms with Crippen LogP contribution in [0.4, 0.5) is 0 Å². The van der Waals surface area contributed by atoms with E-state index in [-0.39, 0.29) is 5.91 Å². The van der Waals surface area contributed by atoms with Crippen LogP contribution in [-0.4, -0.2) is 44.4 Å². The summed E-state index contributed by atoms with van der Waals surface area (Å²) in [5.74, 6) is 0.564. The number of carbonyl (C=O) groups excluding carboxylic acids is 1. The molecule has 1 heterocycles. The van der Waals surface area contributed by atoms with E-state index in [9.17, 15) is 4.79 Å². The van der Waals surface area contributed by atoms with Gasteiger partial charge in [-0.25, -0.2) is 0 Å². The van der Waals surface area contributed by atoms with Gasteiger partial charge in [-0.05, 0) is 30.9 Å². The number of aromatic nitrogens is 3. The summed E-state index contributed by atoms with van der Waals surface area (Å²) >= 11 is 1.45. The van der Waals surface area contributed by atoms with Gasteiger partial charge in [-0.2, -0.15) is 0 Å². The highest BCUT2D eigenvalue weighted by Crippen LogP contribution is 2.22. The Morgan fingerprint density at radius 1 is 1.17 bits per heavy atom. The summed E-state index contributed by atoms with van der Waals surface area (Å²) in [7, 11) is 0. The topological polar surface area (TPSA) is 51.0 Å². The first-order valence-corrected chi connectivity index (χ1v) is 9.58. The molecule has 0 N–H and O–H groups in total. The molecule has 0 saturated carbocycles. The van der Waals surface area contributed by atoms with Crippen LogP contribution >= 0.6 is 11.8 Å². The van der Waals surface area contributed by atoms with Gasteiger partial charge in [-0.15, -0.1) is 10.2 Å². The first kappa shape index (κ1) is 18.5. The molecule has 0 aliphatic heterocycles. The van der Waals surface area contributed by atoms with Crippen molar-refractivity contribution in [2.75, 3.05) is 18.8 Å². The lowest BCUT2D eigenvalue weighted by Crippen LogP contribution is -2.33. The van der Waals surface area contributed by atoms with Gasteiger partial charge in [0.15, 0.2) is 5.16 Å². The molecule has 1 aromatic heterocycles. The molecule has 0 fully saturated rings. The number of aryl methyl sites for hydroxylation is 1. The Morgan fingerprint density at radius 3 is 2.54 bits per heavy atom. The molecule has 1 amide bonds. The van der Waals surface area contributed by atoms with Crippen molar-refractivity contribution >= 4 is 17.7 Å². The third-order valence-electron chi connectivity index (χ3n) is 3.81. The van der Waals surface area contributed by atoms with Crippen LogP contribution in [0.5, 0.6) is 0 Å². The average molecular weight is 347 g/mol. The Balaban J connectivity index is 2.09. The molecule has 6 heteroatoms. The van der Waals surface area contributed by atoms with E-state index in [1.54, 1.807) is 6.33 Å². The number of amides is 1. The standard InChI is InChI=1S/C18H26N4OS/c1-4-11-21(12-5-2)17(23)13-24-18-20-19-14-22(18)16-10-8-7-9-15(16)6-3/h7-10,14H,4-6,11-13H2,1-3H3. The number of rotatable bonds is 9. The van der Waals surface area contributed by atoms with E-state index in [0.29, 0.717) is 5.75 Å². The van der Waals surface area contributed by atoms with Crippen LogP contribution in [0.25, 0.3) is 5.69 Å². The molecule has 24 heavy (non-hydrogen) atoms. The lowest BCUT2D eigenvalue weighted by molar-refractivity contribution is -0.128. The van der Waals surface area contributed by atoms with E-state index in [1.807, 2.05) is 21.6 Å². The predicted molar refractivity (Wildman–Crippen MR) is 98.6 cm³/mol. The summed E-state index contributed by atoms with van der Waals surface area (Å²) in [5.41, 5.74) is 2.32. The van der Waals surface area contributed by atoms with Crippen LogP contribution in [0.15, 0.2) is 35.7 Å². The van der Waals surface area contributed by atoms with Crippen LogP contribution in [0.3, 0.4) is 0 Å². The monoisotopic (exact) mass is 346 g/mol. The maximum absolute atomic E-state index is 12.4. The minimum Gasteiger partial charge on any atom is -0.342 e. The highest BCUT2D eigenvalue weighted by molar-refractivity contribution is 7.99.